The fraction of sp³-hybridized carbons (Fsp3) is 0.417. The van der Waals surface area contributed by atoms with Gasteiger partial charge in [0.1, 0.15) is 36.2 Å². The van der Waals surface area contributed by atoms with Gasteiger partial charge in [0.25, 0.3) is 0 Å². The summed E-state index contributed by atoms with van der Waals surface area (Å²) in [7, 11) is 0. The third kappa shape index (κ3) is 1.71. The molecule has 0 saturated carbocycles. The van der Waals surface area contributed by atoms with Gasteiger partial charge in [-0.15, -0.1) is 0 Å². The maximum absolute atomic E-state index is 10.2. The van der Waals surface area contributed by atoms with Crippen molar-refractivity contribution in [1.82, 2.24) is 14.6 Å². The molecule has 0 amide bonds. The minimum absolute atomic E-state index is 0.205. The first-order valence-electron chi connectivity index (χ1n) is 6.20. The van der Waals surface area contributed by atoms with Gasteiger partial charge in [0.05, 0.1) is 12.3 Å². The number of aliphatic hydroxyl groups excluding tert-OH is 3. The number of hydrogen-bond acceptors (Lipinski definition) is 8. The molecule has 0 bridgehead atoms. The van der Waals surface area contributed by atoms with E-state index in [2.05, 4.69) is 10.1 Å². The number of aliphatic hydroxyl groups is 3. The van der Waals surface area contributed by atoms with Crippen molar-refractivity contribution in [3.63, 3.8) is 0 Å². The van der Waals surface area contributed by atoms with Crippen LogP contribution in [0.1, 0.15) is 5.69 Å². The van der Waals surface area contributed by atoms with Crippen LogP contribution in [0.4, 0.5) is 5.82 Å². The van der Waals surface area contributed by atoms with E-state index < -0.39 is 30.5 Å². The zero-order valence-electron chi connectivity index (χ0n) is 10.8. The van der Waals surface area contributed by atoms with Crippen molar-refractivity contribution in [2.45, 2.75) is 23.9 Å². The Labute approximate surface area is 118 Å². The normalized spacial score (nSPS) is 32.4. The molecule has 1 fully saturated rings. The SMILES string of the molecule is N#C[C@@]1(c2ccc3c(N)ncnn23)OC(CO)C(O)C1O. The Hall–Kier alpha value is -2.25. The maximum atomic E-state index is 10.2. The summed E-state index contributed by atoms with van der Waals surface area (Å²) in [4.78, 5) is 3.83. The van der Waals surface area contributed by atoms with Gasteiger partial charge in [0, 0.05) is 0 Å². The standard InChI is InChI=1S/C12H13N5O4/c13-4-12(10(20)9(19)7(3-18)21-12)8-2-1-6-11(14)15-5-16-17(6)8/h1-2,5,7,9-10,18-20H,3H2,(H2,14,15,16)/t7?,9?,10?,12-/m0/s1. The first kappa shape index (κ1) is 13.7. The largest absolute Gasteiger partial charge is 0.394 e. The zero-order chi connectivity index (χ0) is 15.2. The second-order valence-corrected chi connectivity index (χ2v) is 4.78. The van der Waals surface area contributed by atoms with Gasteiger partial charge in [-0.2, -0.15) is 10.4 Å². The molecule has 21 heavy (non-hydrogen) atoms. The lowest BCUT2D eigenvalue weighted by Crippen LogP contribution is -2.40. The number of nitrogen functional groups attached to an aromatic ring is 1. The molecule has 1 aliphatic rings. The highest BCUT2D eigenvalue weighted by atomic mass is 16.6. The van der Waals surface area contributed by atoms with E-state index in [1.54, 1.807) is 6.07 Å². The smallest absolute Gasteiger partial charge is 0.225 e. The Morgan fingerprint density at radius 1 is 1.48 bits per heavy atom. The monoisotopic (exact) mass is 291 g/mol. The number of anilines is 1. The van der Waals surface area contributed by atoms with Crippen LogP contribution in [0.15, 0.2) is 18.5 Å². The number of nitrogens with zero attached hydrogens (tertiary/aromatic N) is 4. The summed E-state index contributed by atoms with van der Waals surface area (Å²) in [6.07, 6.45) is -2.78. The minimum Gasteiger partial charge on any atom is -0.394 e. The Balaban J connectivity index is 2.20. The van der Waals surface area contributed by atoms with Crippen LogP contribution in [0.25, 0.3) is 5.52 Å². The third-order valence-corrected chi connectivity index (χ3v) is 3.67. The molecule has 1 aliphatic heterocycles. The number of nitrogens with two attached hydrogens (primary N) is 1. The van der Waals surface area contributed by atoms with Crippen LogP contribution in [-0.4, -0.2) is 54.8 Å². The quantitative estimate of drug-likeness (QED) is 0.503. The van der Waals surface area contributed by atoms with Crippen molar-refractivity contribution in [3.8, 4) is 6.07 Å². The predicted octanol–water partition coefficient (Wildman–Crippen LogP) is -1.86. The molecule has 5 N–H and O–H groups in total. The predicted molar refractivity (Wildman–Crippen MR) is 68.7 cm³/mol. The summed E-state index contributed by atoms with van der Waals surface area (Å²) in [6.45, 7) is -0.526. The van der Waals surface area contributed by atoms with E-state index in [-0.39, 0.29) is 11.5 Å². The Kier molecular flexibility index (Phi) is 3.03. The first-order valence-corrected chi connectivity index (χ1v) is 6.20. The molecule has 1 saturated heterocycles. The summed E-state index contributed by atoms with van der Waals surface area (Å²) in [6, 6.07) is 4.97. The number of nitriles is 1. The van der Waals surface area contributed by atoms with Gasteiger partial charge >= 0.3 is 0 Å². The molecule has 4 atom stereocenters. The van der Waals surface area contributed by atoms with Crippen molar-refractivity contribution >= 4 is 11.3 Å². The summed E-state index contributed by atoms with van der Waals surface area (Å²) in [5.41, 5.74) is 4.52. The van der Waals surface area contributed by atoms with Gasteiger partial charge in [0.2, 0.25) is 5.60 Å². The first-order chi connectivity index (χ1) is 10.0. The lowest BCUT2D eigenvalue weighted by molar-refractivity contribution is -0.0643. The average molecular weight is 291 g/mol. The third-order valence-electron chi connectivity index (χ3n) is 3.67. The summed E-state index contributed by atoms with van der Waals surface area (Å²) in [5.74, 6) is 0.205. The van der Waals surface area contributed by atoms with E-state index in [9.17, 15) is 20.6 Å². The van der Waals surface area contributed by atoms with Crippen molar-refractivity contribution in [2.24, 2.45) is 0 Å². The van der Waals surface area contributed by atoms with Gasteiger partial charge in [-0.05, 0) is 12.1 Å². The maximum Gasteiger partial charge on any atom is 0.225 e. The Morgan fingerprint density at radius 3 is 2.86 bits per heavy atom. The second-order valence-electron chi connectivity index (χ2n) is 4.78. The second kappa shape index (κ2) is 4.64. The topological polar surface area (TPSA) is 150 Å². The molecular weight excluding hydrogens is 278 g/mol. The molecule has 0 radical (unpaired) electrons. The number of aromatic nitrogens is 3. The van der Waals surface area contributed by atoms with Gasteiger partial charge in [-0.1, -0.05) is 0 Å². The van der Waals surface area contributed by atoms with Crippen molar-refractivity contribution in [2.75, 3.05) is 12.3 Å². The number of rotatable bonds is 2. The molecule has 0 aliphatic carbocycles. The lowest BCUT2D eigenvalue weighted by Gasteiger charge is -2.24. The Morgan fingerprint density at radius 2 is 2.24 bits per heavy atom. The zero-order valence-corrected chi connectivity index (χ0v) is 10.8. The van der Waals surface area contributed by atoms with E-state index in [1.807, 2.05) is 6.07 Å². The molecule has 2 aromatic heterocycles. The van der Waals surface area contributed by atoms with E-state index >= 15 is 0 Å². The molecule has 0 aromatic carbocycles. The summed E-state index contributed by atoms with van der Waals surface area (Å²) >= 11 is 0. The van der Waals surface area contributed by atoms with E-state index in [0.717, 1.165) is 0 Å². The van der Waals surface area contributed by atoms with Crippen LogP contribution in [0.2, 0.25) is 0 Å². The molecule has 3 unspecified atom stereocenters. The summed E-state index contributed by atoms with van der Waals surface area (Å²) in [5, 5.41) is 42.8. The van der Waals surface area contributed by atoms with Crippen LogP contribution < -0.4 is 5.73 Å². The minimum atomic E-state index is -1.85. The van der Waals surface area contributed by atoms with Crippen LogP contribution in [-0.2, 0) is 10.3 Å². The highest BCUT2D eigenvalue weighted by Crippen LogP contribution is 2.40. The molecule has 3 heterocycles. The molecule has 9 heteroatoms. The fourth-order valence-corrected chi connectivity index (χ4v) is 2.56. The molecule has 110 valence electrons. The molecule has 2 aromatic rings. The number of fused-ring (bicyclic) bond motifs is 1. The Bertz CT molecular complexity index is 726. The average Bonchev–Trinajstić information content (AvgIpc) is 3.03. The highest BCUT2D eigenvalue weighted by Gasteiger charge is 2.57. The summed E-state index contributed by atoms with van der Waals surface area (Å²) < 4.78 is 6.75. The number of hydrogen-bond donors (Lipinski definition) is 4. The van der Waals surface area contributed by atoms with Crippen molar-refractivity contribution in [1.29, 1.82) is 5.26 Å². The molecule has 3 rings (SSSR count). The van der Waals surface area contributed by atoms with E-state index in [4.69, 9.17) is 10.5 Å². The highest BCUT2D eigenvalue weighted by molar-refractivity contribution is 5.66. The molecular formula is C12H13N5O4. The van der Waals surface area contributed by atoms with Gasteiger partial charge in [-0.25, -0.2) is 9.50 Å². The van der Waals surface area contributed by atoms with Crippen LogP contribution in [0, 0.1) is 11.3 Å². The van der Waals surface area contributed by atoms with E-state index in [0.29, 0.717) is 5.52 Å². The molecule has 0 spiro atoms. The van der Waals surface area contributed by atoms with Gasteiger partial charge < -0.3 is 25.8 Å². The fourth-order valence-electron chi connectivity index (χ4n) is 2.56. The van der Waals surface area contributed by atoms with Gasteiger partial charge in [0.15, 0.2) is 5.82 Å². The lowest BCUT2D eigenvalue weighted by atomic mass is 9.92. The van der Waals surface area contributed by atoms with Crippen molar-refractivity contribution in [3.05, 3.63) is 24.2 Å². The van der Waals surface area contributed by atoms with E-state index in [1.165, 1.54) is 16.9 Å². The van der Waals surface area contributed by atoms with Crippen LogP contribution >= 0.6 is 0 Å². The van der Waals surface area contributed by atoms with Crippen LogP contribution in [0.3, 0.4) is 0 Å². The van der Waals surface area contributed by atoms with Gasteiger partial charge in [-0.3, -0.25) is 0 Å². The molecule has 9 nitrogen and oxygen atoms in total. The number of ether oxygens (including phenoxy) is 1. The van der Waals surface area contributed by atoms with Crippen molar-refractivity contribution < 1.29 is 20.1 Å². The van der Waals surface area contributed by atoms with Crippen LogP contribution in [0.5, 0.6) is 0 Å².